The molecule has 23 heavy (non-hydrogen) atoms. The van der Waals surface area contributed by atoms with E-state index in [1.54, 1.807) is 0 Å². The number of amides is 1. The van der Waals surface area contributed by atoms with Gasteiger partial charge in [0.2, 0.25) is 0 Å². The third kappa shape index (κ3) is 3.01. The summed E-state index contributed by atoms with van der Waals surface area (Å²) in [5.74, 6) is 1.40. The van der Waals surface area contributed by atoms with Gasteiger partial charge in [0.1, 0.15) is 11.5 Å². The van der Waals surface area contributed by atoms with Crippen LogP contribution in [0.4, 0.5) is 0 Å². The van der Waals surface area contributed by atoms with E-state index in [0.717, 1.165) is 37.5 Å². The average Bonchev–Trinajstić information content (AvgIpc) is 3.12. The largest absolute Gasteiger partial charge is 0.341 e. The topological polar surface area (TPSA) is 94.7 Å². The van der Waals surface area contributed by atoms with Gasteiger partial charge < -0.3 is 9.88 Å². The zero-order valence-corrected chi connectivity index (χ0v) is 13.3. The number of hydrogen-bond acceptors (Lipinski definition) is 5. The predicted octanol–water partition coefficient (Wildman–Crippen LogP) is 0.682. The van der Waals surface area contributed by atoms with Crippen molar-refractivity contribution >= 4 is 5.91 Å². The second kappa shape index (κ2) is 6.31. The van der Waals surface area contributed by atoms with Crippen molar-refractivity contribution in [3.63, 3.8) is 0 Å². The molecule has 0 saturated heterocycles. The summed E-state index contributed by atoms with van der Waals surface area (Å²) in [5.41, 5.74) is 0.0257. The Morgan fingerprint density at radius 3 is 3.00 bits per heavy atom. The van der Waals surface area contributed by atoms with E-state index in [4.69, 9.17) is 0 Å². The first-order chi connectivity index (χ1) is 11.1. The quantitative estimate of drug-likeness (QED) is 0.875. The summed E-state index contributed by atoms with van der Waals surface area (Å²) >= 11 is 0. The van der Waals surface area contributed by atoms with Crippen LogP contribution in [0.25, 0.3) is 0 Å². The minimum Gasteiger partial charge on any atom is -0.341 e. The number of carbonyl (C=O) groups is 1. The molecule has 2 aromatic rings. The normalized spacial score (nSPS) is 14.5. The molecule has 0 saturated carbocycles. The van der Waals surface area contributed by atoms with Gasteiger partial charge >= 0.3 is 0 Å². The molecule has 2 aromatic heterocycles. The molecule has 0 aromatic carbocycles. The standard InChI is InChI=1S/C15H20N6O2/c1-3-8-21-13(22)7-6-11(19-21)15(23)16-10(2)14-18-17-12-5-4-9-20(12)14/h6-7,10H,3-5,8-9H2,1-2H3,(H,16,23)/t10-/m1/s1. The van der Waals surface area contributed by atoms with Crippen molar-refractivity contribution in [2.75, 3.05) is 0 Å². The van der Waals surface area contributed by atoms with Gasteiger partial charge in [-0.25, -0.2) is 4.68 Å². The highest BCUT2D eigenvalue weighted by Crippen LogP contribution is 2.19. The van der Waals surface area contributed by atoms with E-state index >= 15 is 0 Å². The molecular weight excluding hydrogens is 296 g/mol. The molecule has 1 amide bonds. The molecule has 1 aliphatic rings. The zero-order valence-electron chi connectivity index (χ0n) is 13.3. The van der Waals surface area contributed by atoms with Crippen LogP contribution in [0.1, 0.15) is 54.9 Å². The fourth-order valence-corrected chi connectivity index (χ4v) is 2.77. The SMILES string of the molecule is CCCn1nc(C(=O)N[C@H](C)c2nnc3n2CCC3)ccc1=O. The van der Waals surface area contributed by atoms with Crippen LogP contribution in [-0.4, -0.2) is 30.5 Å². The molecule has 122 valence electrons. The molecule has 1 aliphatic heterocycles. The van der Waals surface area contributed by atoms with Crippen molar-refractivity contribution in [2.24, 2.45) is 0 Å². The van der Waals surface area contributed by atoms with Gasteiger partial charge in [-0.1, -0.05) is 6.92 Å². The van der Waals surface area contributed by atoms with Crippen LogP contribution in [0, 0.1) is 0 Å². The summed E-state index contributed by atoms with van der Waals surface area (Å²) in [5, 5.41) is 15.3. The maximum atomic E-state index is 12.4. The molecule has 0 bridgehead atoms. The van der Waals surface area contributed by atoms with Crippen molar-refractivity contribution in [3.8, 4) is 0 Å². The molecule has 8 nitrogen and oxygen atoms in total. The highest BCUT2D eigenvalue weighted by Gasteiger charge is 2.23. The fourth-order valence-electron chi connectivity index (χ4n) is 2.77. The van der Waals surface area contributed by atoms with Crippen molar-refractivity contribution in [2.45, 2.75) is 52.2 Å². The van der Waals surface area contributed by atoms with Crippen molar-refractivity contribution in [3.05, 3.63) is 39.8 Å². The molecule has 0 aliphatic carbocycles. The molecular formula is C15H20N6O2. The molecule has 1 atom stereocenters. The van der Waals surface area contributed by atoms with Crippen LogP contribution >= 0.6 is 0 Å². The Labute approximate surface area is 133 Å². The Balaban J connectivity index is 1.76. The number of aromatic nitrogens is 5. The number of hydrogen-bond donors (Lipinski definition) is 1. The lowest BCUT2D eigenvalue weighted by atomic mass is 10.3. The highest BCUT2D eigenvalue weighted by atomic mass is 16.2. The van der Waals surface area contributed by atoms with Gasteiger partial charge in [0.15, 0.2) is 5.82 Å². The van der Waals surface area contributed by atoms with E-state index in [1.165, 1.54) is 16.8 Å². The van der Waals surface area contributed by atoms with E-state index in [-0.39, 0.29) is 23.2 Å². The maximum absolute atomic E-state index is 12.4. The van der Waals surface area contributed by atoms with Gasteiger partial charge in [-0.3, -0.25) is 9.59 Å². The first-order valence-electron chi connectivity index (χ1n) is 7.91. The molecule has 0 fully saturated rings. The lowest BCUT2D eigenvalue weighted by Gasteiger charge is -2.14. The highest BCUT2D eigenvalue weighted by molar-refractivity contribution is 5.92. The number of nitrogens with zero attached hydrogens (tertiary/aromatic N) is 5. The first kappa shape index (κ1) is 15.4. The van der Waals surface area contributed by atoms with Crippen LogP contribution in [0.5, 0.6) is 0 Å². The van der Waals surface area contributed by atoms with Gasteiger partial charge in [0, 0.05) is 25.6 Å². The average molecular weight is 316 g/mol. The zero-order chi connectivity index (χ0) is 16.4. The number of aryl methyl sites for hydroxylation is 2. The van der Waals surface area contributed by atoms with Crippen LogP contribution in [0.15, 0.2) is 16.9 Å². The first-order valence-corrected chi connectivity index (χ1v) is 7.91. The molecule has 0 spiro atoms. The number of carbonyl (C=O) groups excluding carboxylic acids is 1. The molecule has 0 radical (unpaired) electrons. The molecule has 1 N–H and O–H groups in total. The van der Waals surface area contributed by atoms with Crippen molar-refractivity contribution in [1.29, 1.82) is 0 Å². The monoisotopic (exact) mass is 316 g/mol. The summed E-state index contributed by atoms with van der Waals surface area (Å²) in [6, 6.07) is 2.55. The molecule has 0 unspecified atom stereocenters. The minimum absolute atomic E-state index is 0.202. The number of rotatable bonds is 5. The van der Waals surface area contributed by atoms with Crippen LogP contribution in [0.3, 0.4) is 0 Å². The number of nitrogens with one attached hydrogen (secondary N) is 1. The van der Waals surface area contributed by atoms with Gasteiger partial charge in [0.05, 0.1) is 6.04 Å². The van der Waals surface area contributed by atoms with Gasteiger partial charge in [-0.2, -0.15) is 5.10 Å². The van der Waals surface area contributed by atoms with Crippen LogP contribution in [0.2, 0.25) is 0 Å². The van der Waals surface area contributed by atoms with Crippen molar-refractivity contribution < 1.29 is 4.79 Å². The number of fused-ring (bicyclic) bond motifs is 1. The minimum atomic E-state index is -0.322. The Morgan fingerprint density at radius 2 is 2.22 bits per heavy atom. The Hall–Kier alpha value is -2.51. The van der Waals surface area contributed by atoms with E-state index in [0.29, 0.717) is 6.54 Å². The summed E-state index contributed by atoms with van der Waals surface area (Å²) in [7, 11) is 0. The van der Waals surface area contributed by atoms with E-state index in [2.05, 4.69) is 25.2 Å². The summed E-state index contributed by atoms with van der Waals surface area (Å²) in [4.78, 5) is 24.0. The second-order valence-electron chi connectivity index (χ2n) is 5.70. The Bertz CT molecular complexity index is 779. The summed E-state index contributed by atoms with van der Waals surface area (Å²) < 4.78 is 3.37. The summed E-state index contributed by atoms with van der Waals surface area (Å²) in [6.45, 7) is 5.20. The molecule has 3 rings (SSSR count). The summed E-state index contributed by atoms with van der Waals surface area (Å²) in [6.07, 6.45) is 2.76. The van der Waals surface area contributed by atoms with Crippen LogP contribution in [-0.2, 0) is 19.5 Å². The van der Waals surface area contributed by atoms with Gasteiger partial charge in [-0.05, 0) is 25.8 Å². The lowest BCUT2D eigenvalue weighted by Crippen LogP contribution is -2.32. The lowest BCUT2D eigenvalue weighted by molar-refractivity contribution is 0.0930. The fraction of sp³-hybridized carbons (Fsp3) is 0.533. The second-order valence-corrected chi connectivity index (χ2v) is 5.70. The van der Waals surface area contributed by atoms with E-state index < -0.39 is 0 Å². The Morgan fingerprint density at radius 1 is 1.39 bits per heavy atom. The molecule has 3 heterocycles. The predicted molar refractivity (Wildman–Crippen MR) is 83.0 cm³/mol. The third-order valence-corrected chi connectivity index (χ3v) is 3.91. The third-order valence-electron chi connectivity index (χ3n) is 3.91. The van der Waals surface area contributed by atoms with Crippen LogP contribution < -0.4 is 10.9 Å². The molecule has 8 heteroatoms. The van der Waals surface area contributed by atoms with Gasteiger partial charge in [-0.15, -0.1) is 10.2 Å². The van der Waals surface area contributed by atoms with E-state index in [1.807, 2.05) is 13.8 Å². The Kier molecular flexibility index (Phi) is 4.22. The van der Waals surface area contributed by atoms with E-state index in [9.17, 15) is 9.59 Å². The smallest absolute Gasteiger partial charge is 0.272 e. The maximum Gasteiger partial charge on any atom is 0.272 e. The van der Waals surface area contributed by atoms with Crippen molar-refractivity contribution in [1.82, 2.24) is 29.9 Å². The van der Waals surface area contributed by atoms with Gasteiger partial charge in [0.25, 0.3) is 11.5 Å².